The maximum Gasteiger partial charge on any atom is 0.320 e. The van der Waals surface area contributed by atoms with E-state index in [0.29, 0.717) is 44.5 Å². The van der Waals surface area contributed by atoms with Crippen LogP contribution >= 0.6 is 0 Å². The summed E-state index contributed by atoms with van der Waals surface area (Å²) >= 11 is 0. The minimum atomic E-state index is -1.11. The van der Waals surface area contributed by atoms with Crippen LogP contribution in [-0.2, 0) is 23.6 Å². The Bertz CT molecular complexity index is 977. The molecule has 0 radical (unpaired) electrons. The van der Waals surface area contributed by atoms with Crippen molar-refractivity contribution in [3.05, 3.63) is 71.8 Å². The summed E-state index contributed by atoms with van der Waals surface area (Å²) in [5.41, 5.74) is 2.00. The van der Waals surface area contributed by atoms with E-state index >= 15 is 0 Å². The highest BCUT2D eigenvalue weighted by Crippen LogP contribution is 2.28. The summed E-state index contributed by atoms with van der Waals surface area (Å²) in [6.45, 7) is 1.02. The molecule has 2 aromatic carbocycles. The van der Waals surface area contributed by atoms with Crippen molar-refractivity contribution in [2.45, 2.75) is 75.7 Å². The zero-order chi connectivity index (χ0) is 27.3. The van der Waals surface area contributed by atoms with Crippen molar-refractivity contribution in [2.75, 3.05) is 31.7 Å². The molecule has 1 aliphatic rings. The van der Waals surface area contributed by atoms with Crippen molar-refractivity contribution in [2.24, 2.45) is 0 Å². The van der Waals surface area contributed by atoms with Gasteiger partial charge in [-0.05, 0) is 56.1 Å². The highest BCUT2D eigenvalue weighted by atomic mass is 32.2. The molecule has 3 N–H and O–H groups in total. The first kappa shape index (κ1) is 30.3. The van der Waals surface area contributed by atoms with E-state index in [2.05, 4.69) is 0 Å². The van der Waals surface area contributed by atoms with E-state index in [1.165, 1.54) is 0 Å². The smallest absolute Gasteiger partial charge is 0.320 e. The minimum absolute atomic E-state index is 0.108. The Labute approximate surface area is 229 Å². The molecule has 0 saturated carbocycles. The second-order valence-corrected chi connectivity index (χ2v) is 11.8. The standard InChI is InChI=1S/C30H44N2O5S/c1-38(37)21-13-5-11-19-32-27(23-25-16-8-3-9-17-25)29(35)28(34)26(22-24-14-6-2-7-15-24)31(30(32)36)18-10-4-12-20-33/h2-3,6-9,14-17,26-29,33-35H,4-5,10-13,18-23H2,1H3/t26-,27-,28+,29+,38?/m1/s1. The highest BCUT2D eigenvalue weighted by Gasteiger charge is 2.45. The number of aliphatic hydroxyl groups excluding tert-OH is 3. The molecule has 7 nitrogen and oxygen atoms in total. The van der Waals surface area contributed by atoms with Gasteiger partial charge in [-0.25, -0.2) is 4.79 Å². The van der Waals surface area contributed by atoms with E-state index in [0.717, 1.165) is 36.8 Å². The first-order chi connectivity index (χ1) is 18.4. The number of carbonyl (C=O) groups is 1. The topological polar surface area (TPSA) is 101 Å². The Morgan fingerprint density at radius 1 is 0.711 bits per heavy atom. The number of carbonyl (C=O) groups excluding carboxylic acids is 1. The van der Waals surface area contributed by atoms with Gasteiger partial charge < -0.3 is 25.1 Å². The monoisotopic (exact) mass is 544 g/mol. The van der Waals surface area contributed by atoms with Crippen LogP contribution < -0.4 is 0 Å². The van der Waals surface area contributed by atoms with Gasteiger partial charge in [0.1, 0.15) is 12.2 Å². The predicted molar refractivity (Wildman–Crippen MR) is 152 cm³/mol. The second kappa shape index (κ2) is 16.0. The Balaban J connectivity index is 1.91. The largest absolute Gasteiger partial charge is 0.396 e. The van der Waals surface area contributed by atoms with Crippen LogP contribution in [0.4, 0.5) is 4.79 Å². The molecule has 0 aromatic heterocycles. The third kappa shape index (κ3) is 8.90. The van der Waals surface area contributed by atoms with Crippen molar-refractivity contribution >= 4 is 16.8 Å². The molecule has 8 heteroatoms. The molecule has 1 unspecified atom stereocenters. The van der Waals surface area contributed by atoms with Gasteiger partial charge in [0.05, 0.1) is 12.1 Å². The highest BCUT2D eigenvalue weighted by molar-refractivity contribution is 7.84. The number of rotatable bonds is 15. The van der Waals surface area contributed by atoms with Gasteiger partial charge in [0, 0.05) is 42.5 Å². The summed E-state index contributed by atoms with van der Waals surface area (Å²) in [4.78, 5) is 17.7. The fraction of sp³-hybridized carbons (Fsp3) is 0.567. The lowest BCUT2D eigenvalue weighted by Gasteiger charge is -2.35. The van der Waals surface area contributed by atoms with Crippen LogP contribution in [0.3, 0.4) is 0 Å². The molecule has 1 fully saturated rings. The second-order valence-electron chi connectivity index (χ2n) is 10.3. The quantitative estimate of drug-likeness (QED) is 0.299. The molecular weight excluding hydrogens is 500 g/mol. The summed E-state index contributed by atoms with van der Waals surface area (Å²) in [5.74, 6) is 0.638. The Hall–Kier alpha value is -2.26. The van der Waals surface area contributed by atoms with Gasteiger partial charge in [-0.15, -0.1) is 0 Å². The number of unbranched alkanes of at least 4 members (excludes halogenated alkanes) is 4. The van der Waals surface area contributed by atoms with Crippen LogP contribution in [0.15, 0.2) is 60.7 Å². The molecule has 1 saturated heterocycles. The molecule has 0 spiro atoms. The number of amides is 2. The molecule has 38 heavy (non-hydrogen) atoms. The number of urea groups is 1. The minimum Gasteiger partial charge on any atom is -0.396 e. The Morgan fingerprint density at radius 2 is 1.16 bits per heavy atom. The summed E-state index contributed by atoms with van der Waals surface area (Å²) < 4.78 is 11.5. The predicted octanol–water partition coefficient (Wildman–Crippen LogP) is 3.38. The van der Waals surface area contributed by atoms with Crippen molar-refractivity contribution in [3.63, 3.8) is 0 Å². The average molecular weight is 545 g/mol. The number of hydrogen-bond acceptors (Lipinski definition) is 5. The lowest BCUT2D eigenvalue weighted by atomic mass is 9.91. The first-order valence-corrected chi connectivity index (χ1v) is 15.6. The van der Waals surface area contributed by atoms with Crippen molar-refractivity contribution in [1.29, 1.82) is 0 Å². The Morgan fingerprint density at radius 3 is 1.58 bits per heavy atom. The molecule has 0 aliphatic carbocycles. The molecule has 0 bridgehead atoms. The van der Waals surface area contributed by atoms with Gasteiger partial charge in [-0.3, -0.25) is 4.21 Å². The lowest BCUT2D eigenvalue weighted by molar-refractivity contribution is -0.0396. The zero-order valence-electron chi connectivity index (χ0n) is 22.5. The van der Waals surface area contributed by atoms with Gasteiger partial charge in [-0.2, -0.15) is 0 Å². The molecule has 3 rings (SSSR count). The molecular formula is C30H44N2O5S. The maximum absolute atomic E-state index is 14.2. The summed E-state index contributed by atoms with van der Waals surface area (Å²) in [5, 5.41) is 32.4. The van der Waals surface area contributed by atoms with E-state index in [9.17, 15) is 24.3 Å². The summed E-state index contributed by atoms with van der Waals surface area (Å²) in [6.07, 6.45) is 4.90. The van der Waals surface area contributed by atoms with Gasteiger partial charge in [-0.1, -0.05) is 67.1 Å². The van der Waals surface area contributed by atoms with Crippen LogP contribution in [0, 0.1) is 0 Å². The average Bonchev–Trinajstić information content (AvgIpc) is 2.98. The maximum atomic E-state index is 14.2. The van der Waals surface area contributed by atoms with Crippen LogP contribution in [-0.4, -0.2) is 91.4 Å². The summed E-state index contributed by atoms with van der Waals surface area (Å²) in [7, 11) is -0.843. The Kier molecular flexibility index (Phi) is 12.7. The SMILES string of the molecule is CS(=O)CCCCCN1C(=O)N(CCCCCO)[C@H](Cc2ccccc2)[C@H](O)[C@@H](O)[C@H]1Cc1ccccc1. The number of nitrogens with zero attached hydrogens (tertiary/aromatic N) is 2. The third-order valence-electron chi connectivity index (χ3n) is 7.39. The summed E-state index contributed by atoms with van der Waals surface area (Å²) in [6, 6.07) is 18.3. The van der Waals surface area contributed by atoms with E-state index in [1.54, 1.807) is 16.1 Å². The molecule has 2 amide bonds. The first-order valence-electron chi connectivity index (χ1n) is 13.8. The van der Waals surface area contributed by atoms with E-state index < -0.39 is 35.1 Å². The fourth-order valence-corrected chi connectivity index (χ4v) is 5.91. The van der Waals surface area contributed by atoms with Crippen LogP contribution in [0.5, 0.6) is 0 Å². The molecule has 1 aliphatic heterocycles. The zero-order valence-corrected chi connectivity index (χ0v) is 23.3. The van der Waals surface area contributed by atoms with Gasteiger partial charge in [0.25, 0.3) is 0 Å². The number of aliphatic hydroxyl groups is 3. The van der Waals surface area contributed by atoms with Gasteiger partial charge in [0.15, 0.2) is 0 Å². The third-order valence-corrected chi connectivity index (χ3v) is 8.26. The van der Waals surface area contributed by atoms with E-state index in [-0.39, 0.29) is 12.6 Å². The number of benzene rings is 2. The molecule has 1 heterocycles. The van der Waals surface area contributed by atoms with Gasteiger partial charge in [0.2, 0.25) is 0 Å². The van der Waals surface area contributed by atoms with Crippen molar-refractivity contribution in [3.8, 4) is 0 Å². The normalized spacial score (nSPS) is 22.9. The van der Waals surface area contributed by atoms with Crippen LogP contribution in [0.25, 0.3) is 0 Å². The van der Waals surface area contributed by atoms with E-state index in [4.69, 9.17) is 0 Å². The molecule has 5 atom stereocenters. The molecule has 210 valence electrons. The van der Waals surface area contributed by atoms with Gasteiger partial charge >= 0.3 is 6.03 Å². The van der Waals surface area contributed by atoms with E-state index in [1.807, 2.05) is 60.7 Å². The van der Waals surface area contributed by atoms with Crippen molar-refractivity contribution in [1.82, 2.24) is 9.80 Å². The number of hydrogen-bond donors (Lipinski definition) is 3. The molecule has 2 aromatic rings. The van der Waals surface area contributed by atoms with Crippen LogP contribution in [0.1, 0.15) is 49.7 Å². The lowest BCUT2D eigenvalue weighted by Crippen LogP contribution is -2.51. The van der Waals surface area contributed by atoms with Crippen LogP contribution in [0.2, 0.25) is 0 Å². The fourth-order valence-electron chi connectivity index (χ4n) is 5.30. The van der Waals surface area contributed by atoms with Crippen molar-refractivity contribution < 1.29 is 24.3 Å².